The maximum atomic E-state index is 13.0. The quantitative estimate of drug-likeness (QED) is 0.871. The highest BCUT2D eigenvalue weighted by Crippen LogP contribution is 2.31. The SMILES string of the molecule is CC(C)C1NCCC1C(=O)Nc1ccc(-n2nccc2C(F)(F)F)cc1. The summed E-state index contributed by atoms with van der Waals surface area (Å²) in [5, 5.41) is 9.93. The van der Waals surface area contributed by atoms with Gasteiger partial charge in [0.2, 0.25) is 5.91 Å². The predicted octanol–water partition coefficient (Wildman–Crippen LogP) is 3.46. The summed E-state index contributed by atoms with van der Waals surface area (Å²) in [6.45, 7) is 4.94. The molecular formula is C18H21F3N4O. The molecule has 0 aliphatic carbocycles. The second-order valence-electron chi connectivity index (χ2n) is 6.78. The van der Waals surface area contributed by atoms with Gasteiger partial charge >= 0.3 is 6.18 Å². The molecule has 2 unspecified atom stereocenters. The maximum Gasteiger partial charge on any atom is 0.433 e. The smallest absolute Gasteiger partial charge is 0.326 e. The molecule has 1 aliphatic heterocycles. The van der Waals surface area contributed by atoms with Gasteiger partial charge in [0.25, 0.3) is 0 Å². The summed E-state index contributed by atoms with van der Waals surface area (Å²) in [5.41, 5.74) is -0.0112. The van der Waals surface area contributed by atoms with E-state index in [1.54, 1.807) is 12.1 Å². The second kappa shape index (κ2) is 7.11. The molecule has 8 heteroatoms. The minimum Gasteiger partial charge on any atom is -0.326 e. The van der Waals surface area contributed by atoms with Crippen molar-refractivity contribution in [2.24, 2.45) is 11.8 Å². The van der Waals surface area contributed by atoms with Gasteiger partial charge in [-0.25, -0.2) is 4.68 Å². The van der Waals surface area contributed by atoms with Crippen molar-refractivity contribution in [2.75, 3.05) is 11.9 Å². The summed E-state index contributed by atoms with van der Waals surface area (Å²) in [6, 6.07) is 7.24. The Morgan fingerprint density at radius 1 is 1.27 bits per heavy atom. The van der Waals surface area contributed by atoms with Gasteiger partial charge in [-0.15, -0.1) is 0 Å². The zero-order valence-corrected chi connectivity index (χ0v) is 14.5. The lowest BCUT2D eigenvalue weighted by molar-refractivity contribution is -0.142. The van der Waals surface area contributed by atoms with Gasteiger partial charge in [-0.05, 0) is 49.2 Å². The molecule has 1 saturated heterocycles. The fourth-order valence-corrected chi connectivity index (χ4v) is 3.37. The Morgan fingerprint density at radius 2 is 1.96 bits per heavy atom. The number of hydrogen-bond acceptors (Lipinski definition) is 3. The number of halogens is 3. The molecule has 2 atom stereocenters. The molecule has 0 bridgehead atoms. The molecule has 2 N–H and O–H groups in total. The zero-order valence-electron chi connectivity index (χ0n) is 14.5. The van der Waals surface area contributed by atoms with Crippen LogP contribution in [0, 0.1) is 11.8 Å². The molecule has 0 saturated carbocycles. The number of nitrogens with one attached hydrogen (secondary N) is 2. The Hall–Kier alpha value is -2.35. The molecule has 1 aromatic heterocycles. The highest BCUT2D eigenvalue weighted by Gasteiger charge is 2.35. The van der Waals surface area contributed by atoms with E-state index in [1.807, 2.05) is 0 Å². The van der Waals surface area contributed by atoms with Gasteiger partial charge in [0.15, 0.2) is 0 Å². The van der Waals surface area contributed by atoms with E-state index in [4.69, 9.17) is 0 Å². The van der Waals surface area contributed by atoms with Crippen molar-refractivity contribution in [1.29, 1.82) is 0 Å². The number of aromatic nitrogens is 2. The van der Waals surface area contributed by atoms with Gasteiger partial charge in [0, 0.05) is 11.7 Å². The number of carbonyl (C=O) groups excluding carboxylic acids is 1. The van der Waals surface area contributed by atoms with E-state index in [0.717, 1.165) is 29.9 Å². The third-order valence-electron chi connectivity index (χ3n) is 4.64. The lowest BCUT2D eigenvalue weighted by Crippen LogP contribution is -2.38. The third-order valence-corrected chi connectivity index (χ3v) is 4.64. The number of anilines is 1. The maximum absolute atomic E-state index is 13.0. The summed E-state index contributed by atoms with van der Waals surface area (Å²) in [6.07, 6.45) is -2.60. The molecule has 3 rings (SSSR count). The number of amides is 1. The Morgan fingerprint density at radius 3 is 2.58 bits per heavy atom. The summed E-state index contributed by atoms with van der Waals surface area (Å²) in [7, 11) is 0. The fraction of sp³-hybridized carbons (Fsp3) is 0.444. The lowest BCUT2D eigenvalue weighted by atomic mass is 9.91. The number of carbonyl (C=O) groups is 1. The van der Waals surface area contributed by atoms with Crippen LogP contribution in [0.25, 0.3) is 5.69 Å². The highest BCUT2D eigenvalue weighted by molar-refractivity contribution is 5.93. The first kappa shape index (κ1) is 18.4. The van der Waals surface area contributed by atoms with E-state index in [1.165, 1.54) is 12.1 Å². The summed E-state index contributed by atoms with van der Waals surface area (Å²) in [4.78, 5) is 12.5. The summed E-state index contributed by atoms with van der Waals surface area (Å²) in [5.74, 6) is 0.158. The monoisotopic (exact) mass is 366 g/mol. The second-order valence-corrected chi connectivity index (χ2v) is 6.78. The van der Waals surface area contributed by atoms with E-state index in [2.05, 4.69) is 29.6 Å². The molecular weight excluding hydrogens is 345 g/mol. The van der Waals surface area contributed by atoms with Gasteiger partial charge < -0.3 is 10.6 Å². The molecule has 26 heavy (non-hydrogen) atoms. The molecule has 1 amide bonds. The van der Waals surface area contributed by atoms with Crippen molar-refractivity contribution in [3.8, 4) is 5.69 Å². The van der Waals surface area contributed by atoms with Crippen LogP contribution in [0.2, 0.25) is 0 Å². The average Bonchev–Trinajstić information content (AvgIpc) is 3.24. The van der Waals surface area contributed by atoms with E-state index in [-0.39, 0.29) is 23.6 Å². The van der Waals surface area contributed by atoms with E-state index < -0.39 is 11.9 Å². The molecule has 2 heterocycles. The van der Waals surface area contributed by atoms with Crippen LogP contribution in [0.5, 0.6) is 0 Å². The number of rotatable bonds is 4. The molecule has 5 nitrogen and oxygen atoms in total. The molecule has 140 valence electrons. The number of alkyl halides is 3. The Bertz CT molecular complexity index is 767. The van der Waals surface area contributed by atoms with Crippen LogP contribution in [-0.2, 0) is 11.0 Å². The van der Waals surface area contributed by atoms with Gasteiger partial charge in [-0.1, -0.05) is 13.8 Å². The van der Waals surface area contributed by atoms with Gasteiger partial charge in [0.05, 0.1) is 17.8 Å². The third kappa shape index (κ3) is 3.75. The van der Waals surface area contributed by atoms with Crippen molar-refractivity contribution in [1.82, 2.24) is 15.1 Å². The molecule has 1 fully saturated rings. The van der Waals surface area contributed by atoms with Crippen LogP contribution in [0.4, 0.5) is 18.9 Å². The van der Waals surface area contributed by atoms with Crippen LogP contribution in [0.3, 0.4) is 0 Å². The average molecular weight is 366 g/mol. The Kier molecular flexibility index (Phi) is 5.04. The summed E-state index contributed by atoms with van der Waals surface area (Å²) < 4.78 is 39.7. The summed E-state index contributed by atoms with van der Waals surface area (Å²) >= 11 is 0. The van der Waals surface area contributed by atoms with Gasteiger partial charge in [0.1, 0.15) is 5.69 Å². The van der Waals surface area contributed by atoms with Crippen LogP contribution in [0.15, 0.2) is 36.5 Å². The standard InChI is InChI=1S/C18H21F3N4O/c1-11(2)16-14(7-9-22-16)17(26)24-12-3-5-13(6-4-12)25-15(8-10-23-25)18(19,20)21/h3-6,8,10-11,14,16,22H,7,9H2,1-2H3,(H,24,26). The van der Waals surface area contributed by atoms with E-state index in [9.17, 15) is 18.0 Å². The zero-order chi connectivity index (χ0) is 18.9. The number of nitrogens with zero attached hydrogens (tertiary/aromatic N) is 2. The van der Waals surface area contributed by atoms with Gasteiger partial charge in [-0.3, -0.25) is 4.79 Å². The van der Waals surface area contributed by atoms with E-state index >= 15 is 0 Å². The van der Waals surface area contributed by atoms with Crippen molar-refractivity contribution < 1.29 is 18.0 Å². The topological polar surface area (TPSA) is 59.0 Å². The first-order valence-electron chi connectivity index (χ1n) is 8.53. The number of hydrogen-bond donors (Lipinski definition) is 2. The normalized spacial score (nSPS) is 20.5. The minimum atomic E-state index is -4.48. The minimum absolute atomic E-state index is 0.0727. The van der Waals surface area contributed by atoms with Crippen molar-refractivity contribution >= 4 is 11.6 Å². The molecule has 0 spiro atoms. The van der Waals surface area contributed by atoms with Gasteiger partial charge in [-0.2, -0.15) is 18.3 Å². The van der Waals surface area contributed by atoms with Crippen LogP contribution in [0.1, 0.15) is 26.0 Å². The molecule has 1 aromatic carbocycles. The van der Waals surface area contributed by atoms with Crippen LogP contribution >= 0.6 is 0 Å². The van der Waals surface area contributed by atoms with Crippen molar-refractivity contribution in [3.63, 3.8) is 0 Å². The Labute approximate surface area is 149 Å². The van der Waals surface area contributed by atoms with Crippen LogP contribution in [-0.4, -0.2) is 28.3 Å². The predicted molar refractivity (Wildman–Crippen MR) is 91.9 cm³/mol. The van der Waals surface area contributed by atoms with E-state index in [0.29, 0.717) is 11.6 Å². The first-order chi connectivity index (χ1) is 12.3. The molecule has 0 radical (unpaired) electrons. The van der Waals surface area contributed by atoms with Crippen molar-refractivity contribution in [3.05, 3.63) is 42.2 Å². The number of benzene rings is 1. The highest BCUT2D eigenvalue weighted by atomic mass is 19.4. The van der Waals surface area contributed by atoms with Crippen molar-refractivity contribution in [2.45, 2.75) is 32.5 Å². The Balaban J connectivity index is 1.73. The van der Waals surface area contributed by atoms with Crippen LogP contribution < -0.4 is 10.6 Å². The molecule has 2 aromatic rings. The lowest BCUT2D eigenvalue weighted by Gasteiger charge is -2.22. The fourth-order valence-electron chi connectivity index (χ4n) is 3.37. The molecule has 1 aliphatic rings. The first-order valence-corrected chi connectivity index (χ1v) is 8.53. The largest absolute Gasteiger partial charge is 0.433 e.